The first-order valence-electron chi connectivity index (χ1n) is 11.1. The number of nitrogens with one attached hydrogen (secondary N) is 1. The van der Waals surface area contributed by atoms with Crippen LogP contribution in [0.2, 0.25) is 0 Å². The number of benzene rings is 2. The predicted molar refractivity (Wildman–Crippen MR) is 136 cm³/mol. The molecule has 10 heteroatoms. The van der Waals surface area contributed by atoms with E-state index in [0.717, 1.165) is 58.1 Å². The molecule has 2 aromatic carbocycles. The highest BCUT2D eigenvalue weighted by Gasteiger charge is 2.27. The number of nitrogens with zero attached hydrogens (tertiary/aromatic N) is 5. The Morgan fingerprint density at radius 3 is 2.56 bits per heavy atom. The molecule has 2 aromatic heterocycles. The third-order valence-electron chi connectivity index (χ3n) is 6.05. The number of fused-ring (bicyclic) bond motifs is 1. The summed E-state index contributed by atoms with van der Waals surface area (Å²) in [7, 11) is 0. The summed E-state index contributed by atoms with van der Waals surface area (Å²) in [5.41, 5.74) is 2.50. The van der Waals surface area contributed by atoms with E-state index in [1.54, 1.807) is 28.4 Å². The average molecular weight is 497 g/mol. The number of halogens is 1. The third kappa shape index (κ3) is 4.66. The van der Waals surface area contributed by atoms with Crippen molar-refractivity contribution in [2.75, 3.05) is 42.7 Å². The minimum atomic E-state index is -0.263. The second kappa shape index (κ2) is 9.73. The van der Waals surface area contributed by atoms with E-state index >= 15 is 0 Å². The van der Waals surface area contributed by atoms with Crippen LogP contribution >= 0.6 is 23.1 Å². The molecule has 3 heterocycles. The van der Waals surface area contributed by atoms with Crippen LogP contribution in [0.5, 0.6) is 0 Å². The van der Waals surface area contributed by atoms with E-state index in [4.69, 9.17) is 5.10 Å². The molecule has 1 aliphatic heterocycles. The Balaban J connectivity index is 1.20. The Bertz CT molecular complexity index is 1270. The van der Waals surface area contributed by atoms with Crippen molar-refractivity contribution in [2.24, 2.45) is 0 Å². The maximum absolute atomic E-state index is 13.2. The number of aromatic nitrogens is 3. The molecule has 5 rings (SSSR count). The molecule has 4 aromatic rings. The van der Waals surface area contributed by atoms with Crippen LogP contribution in [0.4, 0.5) is 15.2 Å². The Labute approximate surface area is 205 Å². The number of anilines is 2. The van der Waals surface area contributed by atoms with Crippen LogP contribution in [-0.2, 0) is 4.79 Å². The molecule has 0 saturated carbocycles. The lowest BCUT2D eigenvalue weighted by molar-refractivity contribution is -0.120. The highest BCUT2D eigenvalue weighted by Crippen LogP contribution is 2.28. The van der Waals surface area contributed by atoms with Gasteiger partial charge in [-0.3, -0.25) is 9.69 Å². The van der Waals surface area contributed by atoms with E-state index in [1.807, 2.05) is 43.6 Å². The molecule has 176 valence electrons. The number of piperazine rings is 1. The summed E-state index contributed by atoms with van der Waals surface area (Å²) in [5.74, 6) is -0.253. The molecule has 1 fully saturated rings. The lowest BCUT2D eigenvalue weighted by Crippen LogP contribution is -2.52. The highest BCUT2D eigenvalue weighted by molar-refractivity contribution is 7.98. The quantitative estimate of drug-likeness (QED) is 0.398. The molecule has 0 radical (unpaired) electrons. The van der Waals surface area contributed by atoms with Crippen molar-refractivity contribution in [3.63, 3.8) is 0 Å². The van der Waals surface area contributed by atoms with Gasteiger partial charge in [-0.2, -0.15) is 0 Å². The summed E-state index contributed by atoms with van der Waals surface area (Å²) in [5, 5.41) is 8.70. The number of hydrogen-bond acceptors (Lipinski definition) is 7. The Hall–Kier alpha value is -2.95. The van der Waals surface area contributed by atoms with Crippen molar-refractivity contribution in [3.05, 3.63) is 60.5 Å². The topological polar surface area (TPSA) is 65.8 Å². The van der Waals surface area contributed by atoms with Crippen LogP contribution in [0.25, 0.3) is 16.2 Å². The van der Waals surface area contributed by atoms with Crippen molar-refractivity contribution >= 4 is 44.8 Å². The Morgan fingerprint density at radius 2 is 1.85 bits per heavy atom. The summed E-state index contributed by atoms with van der Waals surface area (Å²) in [4.78, 5) is 23.8. The van der Waals surface area contributed by atoms with Gasteiger partial charge in [-0.15, -0.1) is 16.9 Å². The highest BCUT2D eigenvalue weighted by atomic mass is 32.2. The van der Waals surface area contributed by atoms with Crippen LogP contribution in [-0.4, -0.2) is 63.9 Å². The molecule has 1 N–H and O–H groups in total. The monoisotopic (exact) mass is 496 g/mol. The average Bonchev–Trinajstić information content (AvgIpc) is 3.44. The van der Waals surface area contributed by atoms with Gasteiger partial charge in [0.2, 0.25) is 16.0 Å². The zero-order valence-corrected chi connectivity index (χ0v) is 20.6. The number of carbonyl (C=O) groups excluding carboxylic acids is 1. The molecule has 1 aliphatic rings. The SMILES string of the molecule is CSc1ccccc1NC(=O)C(C)N1CCN(c2nn3cc(-c4ccc(F)cc4)nc3s2)CC1. The minimum Gasteiger partial charge on any atom is -0.344 e. The molecule has 34 heavy (non-hydrogen) atoms. The number of thioether (sulfide) groups is 1. The standard InChI is InChI=1S/C24H25FN6OS2/c1-16(22(32)26-19-5-3-4-6-21(19)33-2)29-11-13-30(14-12-29)24-28-31-15-20(27-23(31)34-24)17-7-9-18(25)10-8-17/h3-10,15-16H,11-14H2,1-2H3,(H,26,32). The van der Waals surface area contributed by atoms with Gasteiger partial charge in [0, 0.05) is 36.6 Å². The second-order valence-corrected chi connectivity index (χ2v) is 9.92. The molecule has 1 saturated heterocycles. The van der Waals surface area contributed by atoms with E-state index in [-0.39, 0.29) is 17.8 Å². The summed E-state index contributed by atoms with van der Waals surface area (Å²) < 4.78 is 15.0. The molecule has 0 bridgehead atoms. The molecule has 0 aliphatic carbocycles. The summed E-state index contributed by atoms with van der Waals surface area (Å²) in [6.45, 7) is 5.10. The molecule has 1 unspecified atom stereocenters. The van der Waals surface area contributed by atoms with Crippen molar-refractivity contribution in [1.29, 1.82) is 0 Å². The van der Waals surface area contributed by atoms with E-state index < -0.39 is 0 Å². The van der Waals surface area contributed by atoms with Crippen LogP contribution in [0.1, 0.15) is 6.92 Å². The zero-order chi connectivity index (χ0) is 23.7. The first-order valence-corrected chi connectivity index (χ1v) is 13.1. The van der Waals surface area contributed by atoms with Crippen molar-refractivity contribution in [1.82, 2.24) is 19.5 Å². The van der Waals surface area contributed by atoms with Gasteiger partial charge < -0.3 is 10.2 Å². The molecule has 1 atom stereocenters. The Kier molecular flexibility index (Phi) is 6.53. The summed E-state index contributed by atoms with van der Waals surface area (Å²) >= 11 is 3.16. The van der Waals surface area contributed by atoms with Gasteiger partial charge in [0.25, 0.3) is 0 Å². The van der Waals surface area contributed by atoms with E-state index in [2.05, 4.69) is 20.1 Å². The van der Waals surface area contributed by atoms with Gasteiger partial charge in [-0.05, 0) is 49.6 Å². The van der Waals surface area contributed by atoms with Crippen molar-refractivity contribution in [2.45, 2.75) is 17.9 Å². The normalized spacial score (nSPS) is 15.6. The fourth-order valence-corrected chi connectivity index (χ4v) is 5.52. The largest absolute Gasteiger partial charge is 0.344 e. The number of rotatable bonds is 6. The smallest absolute Gasteiger partial charge is 0.241 e. The predicted octanol–water partition coefficient (Wildman–Crippen LogP) is 4.47. The van der Waals surface area contributed by atoms with Crippen molar-refractivity contribution in [3.8, 4) is 11.3 Å². The fraction of sp³-hybridized carbons (Fsp3) is 0.292. The molecule has 7 nitrogen and oxygen atoms in total. The lowest BCUT2D eigenvalue weighted by atomic mass is 10.2. The van der Waals surface area contributed by atoms with Crippen LogP contribution < -0.4 is 10.2 Å². The lowest BCUT2D eigenvalue weighted by Gasteiger charge is -2.37. The number of imidazole rings is 1. The van der Waals surface area contributed by atoms with E-state index in [1.165, 1.54) is 23.5 Å². The molecule has 1 amide bonds. The molecular weight excluding hydrogens is 471 g/mol. The van der Waals surface area contributed by atoms with Gasteiger partial charge >= 0.3 is 0 Å². The van der Waals surface area contributed by atoms with Gasteiger partial charge in [-0.25, -0.2) is 13.9 Å². The number of amides is 1. The zero-order valence-electron chi connectivity index (χ0n) is 18.9. The maximum Gasteiger partial charge on any atom is 0.241 e. The number of carbonyl (C=O) groups is 1. The number of para-hydroxylation sites is 1. The van der Waals surface area contributed by atoms with Gasteiger partial charge in [0.15, 0.2) is 0 Å². The van der Waals surface area contributed by atoms with Crippen LogP contribution in [0.3, 0.4) is 0 Å². The first-order chi connectivity index (χ1) is 16.5. The second-order valence-electron chi connectivity index (χ2n) is 8.13. The molecule has 0 spiro atoms. The van der Waals surface area contributed by atoms with Gasteiger partial charge in [0.1, 0.15) is 5.82 Å². The van der Waals surface area contributed by atoms with E-state index in [0.29, 0.717) is 0 Å². The fourth-order valence-electron chi connectivity index (χ4n) is 4.03. The Morgan fingerprint density at radius 1 is 1.12 bits per heavy atom. The van der Waals surface area contributed by atoms with Gasteiger partial charge in [0.05, 0.1) is 23.6 Å². The summed E-state index contributed by atoms with van der Waals surface area (Å²) in [6.07, 6.45) is 3.88. The van der Waals surface area contributed by atoms with E-state index in [9.17, 15) is 9.18 Å². The van der Waals surface area contributed by atoms with Crippen molar-refractivity contribution < 1.29 is 9.18 Å². The molecular formula is C24H25FN6OS2. The number of hydrogen-bond donors (Lipinski definition) is 1. The van der Waals surface area contributed by atoms with Gasteiger partial charge in [-0.1, -0.05) is 23.5 Å². The van der Waals surface area contributed by atoms with Crippen LogP contribution in [0, 0.1) is 5.82 Å². The first kappa shape index (κ1) is 22.8. The minimum absolute atomic E-state index is 0.0102. The summed E-state index contributed by atoms with van der Waals surface area (Å²) in [6, 6.07) is 14.0. The third-order valence-corrected chi connectivity index (χ3v) is 7.83. The van der Waals surface area contributed by atoms with Crippen LogP contribution in [0.15, 0.2) is 59.6 Å². The maximum atomic E-state index is 13.2.